The van der Waals surface area contributed by atoms with Crippen LogP contribution in [0.15, 0.2) is 36.5 Å². The maximum Gasteiger partial charge on any atom is 0.328 e. The van der Waals surface area contributed by atoms with Gasteiger partial charge in [0.1, 0.15) is 17.9 Å². The highest BCUT2D eigenvalue weighted by Gasteiger charge is 2.30. The van der Waals surface area contributed by atoms with Crippen LogP contribution in [0, 0.1) is 5.92 Å². The van der Waals surface area contributed by atoms with Crippen molar-refractivity contribution in [1.29, 1.82) is 0 Å². The van der Waals surface area contributed by atoms with Crippen LogP contribution in [-0.2, 0) is 9.53 Å². The van der Waals surface area contributed by atoms with Crippen molar-refractivity contribution in [3.8, 4) is 17.2 Å². The largest absolute Gasteiger partial charge is 0.503 e. The average molecular weight is 431 g/mol. The standard InChI is InChI=1S/C23H30N2O6/c1-13(2)19(16-9-7-8-10-17(16)29-5)15(4)31-23(28)14(3)25-22(27)20-21(26)18(30-6)11-12-24-20/h7-15,19,26H,1-6H3,(H,25,27)/t14-,15-,19+/m0/s1. The minimum Gasteiger partial charge on any atom is -0.503 e. The lowest BCUT2D eigenvalue weighted by Gasteiger charge is -2.29. The van der Waals surface area contributed by atoms with Crippen molar-refractivity contribution in [1.82, 2.24) is 10.3 Å². The molecule has 1 aromatic carbocycles. The van der Waals surface area contributed by atoms with Crippen LogP contribution in [0.4, 0.5) is 0 Å². The van der Waals surface area contributed by atoms with E-state index in [2.05, 4.69) is 10.3 Å². The van der Waals surface area contributed by atoms with Crippen molar-refractivity contribution in [2.24, 2.45) is 5.92 Å². The summed E-state index contributed by atoms with van der Waals surface area (Å²) < 4.78 is 16.1. The van der Waals surface area contributed by atoms with Gasteiger partial charge >= 0.3 is 5.97 Å². The number of carbonyl (C=O) groups is 2. The highest BCUT2D eigenvalue weighted by Crippen LogP contribution is 2.35. The lowest BCUT2D eigenvalue weighted by Crippen LogP contribution is -2.42. The first-order valence-corrected chi connectivity index (χ1v) is 10.1. The van der Waals surface area contributed by atoms with Crippen molar-refractivity contribution in [3.63, 3.8) is 0 Å². The summed E-state index contributed by atoms with van der Waals surface area (Å²) in [5.41, 5.74) is 0.712. The van der Waals surface area contributed by atoms with E-state index in [1.807, 2.05) is 45.0 Å². The Labute approximate surface area is 182 Å². The zero-order chi connectivity index (χ0) is 23.1. The molecule has 0 aliphatic heterocycles. The molecule has 0 spiro atoms. The number of hydrogen-bond donors (Lipinski definition) is 2. The van der Waals surface area contributed by atoms with Gasteiger partial charge in [-0.05, 0) is 25.8 Å². The monoisotopic (exact) mass is 430 g/mol. The fraction of sp³-hybridized carbons (Fsp3) is 0.435. The Morgan fingerprint density at radius 1 is 1.00 bits per heavy atom. The van der Waals surface area contributed by atoms with E-state index in [1.54, 1.807) is 7.11 Å². The molecule has 1 amide bonds. The molecule has 1 aromatic heterocycles. The summed E-state index contributed by atoms with van der Waals surface area (Å²) >= 11 is 0. The quantitative estimate of drug-likeness (QED) is 0.588. The zero-order valence-electron chi connectivity index (χ0n) is 18.7. The van der Waals surface area contributed by atoms with Crippen LogP contribution in [0.3, 0.4) is 0 Å². The number of esters is 1. The summed E-state index contributed by atoms with van der Waals surface area (Å²) in [4.78, 5) is 29.0. The van der Waals surface area contributed by atoms with Crippen molar-refractivity contribution in [2.75, 3.05) is 14.2 Å². The Morgan fingerprint density at radius 3 is 2.26 bits per heavy atom. The molecule has 8 nitrogen and oxygen atoms in total. The summed E-state index contributed by atoms with van der Waals surface area (Å²) in [5, 5.41) is 12.6. The van der Waals surface area contributed by atoms with E-state index >= 15 is 0 Å². The third-order valence-corrected chi connectivity index (χ3v) is 5.05. The van der Waals surface area contributed by atoms with Crippen molar-refractivity contribution >= 4 is 11.9 Å². The van der Waals surface area contributed by atoms with Gasteiger partial charge < -0.3 is 24.6 Å². The van der Waals surface area contributed by atoms with Crippen molar-refractivity contribution < 1.29 is 28.9 Å². The smallest absolute Gasteiger partial charge is 0.328 e. The molecular formula is C23H30N2O6. The lowest BCUT2D eigenvalue weighted by molar-refractivity contribution is -0.151. The first-order valence-electron chi connectivity index (χ1n) is 10.1. The number of benzene rings is 1. The summed E-state index contributed by atoms with van der Waals surface area (Å²) in [6, 6.07) is 8.10. The number of pyridine rings is 1. The molecule has 0 saturated carbocycles. The number of carbonyl (C=O) groups excluding carboxylic acids is 2. The second-order valence-corrected chi connectivity index (χ2v) is 7.56. The second kappa shape index (κ2) is 10.7. The minimum absolute atomic E-state index is 0.105. The van der Waals surface area contributed by atoms with E-state index in [0.29, 0.717) is 0 Å². The van der Waals surface area contributed by atoms with E-state index in [-0.39, 0.29) is 23.3 Å². The summed E-state index contributed by atoms with van der Waals surface area (Å²) in [7, 11) is 2.97. The van der Waals surface area contributed by atoms with Crippen LogP contribution in [0.25, 0.3) is 0 Å². The highest BCUT2D eigenvalue weighted by molar-refractivity contribution is 5.97. The minimum atomic E-state index is -0.951. The van der Waals surface area contributed by atoms with Crippen molar-refractivity contribution in [3.05, 3.63) is 47.8 Å². The molecule has 168 valence electrons. The summed E-state index contributed by atoms with van der Waals surface area (Å²) in [6.45, 7) is 7.42. The number of nitrogens with one attached hydrogen (secondary N) is 1. The van der Waals surface area contributed by atoms with E-state index in [9.17, 15) is 14.7 Å². The van der Waals surface area contributed by atoms with Gasteiger partial charge in [-0.15, -0.1) is 0 Å². The van der Waals surface area contributed by atoms with Gasteiger partial charge in [0.25, 0.3) is 5.91 Å². The summed E-state index contributed by atoms with van der Waals surface area (Å²) in [6.07, 6.45) is 0.866. The van der Waals surface area contributed by atoms with E-state index in [4.69, 9.17) is 14.2 Å². The molecule has 0 saturated heterocycles. The van der Waals surface area contributed by atoms with Crippen LogP contribution in [0.1, 0.15) is 49.7 Å². The second-order valence-electron chi connectivity index (χ2n) is 7.56. The molecule has 0 aliphatic carbocycles. The van der Waals surface area contributed by atoms with Gasteiger partial charge in [0.05, 0.1) is 14.2 Å². The molecule has 2 aromatic rings. The molecule has 0 unspecified atom stereocenters. The van der Waals surface area contributed by atoms with Crippen LogP contribution in [0.2, 0.25) is 0 Å². The lowest BCUT2D eigenvalue weighted by atomic mass is 9.84. The van der Waals surface area contributed by atoms with E-state index < -0.39 is 29.8 Å². The van der Waals surface area contributed by atoms with Crippen LogP contribution in [-0.4, -0.2) is 48.3 Å². The normalized spacial score (nSPS) is 13.8. The molecular weight excluding hydrogens is 400 g/mol. The number of nitrogens with zero attached hydrogens (tertiary/aromatic N) is 1. The maximum absolute atomic E-state index is 12.7. The Kier molecular flexibility index (Phi) is 8.24. The van der Waals surface area contributed by atoms with Gasteiger partial charge in [-0.25, -0.2) is 9.78 Å². The fourth-order valence-corrected chi connectivity index (χ4v) is 3.55. The number of methoxy groups -OCH3 is 2. The molecule has 3 atom stereocenters. The van der Waals surface area contributed by atoms with E-state index in [1.165, 1.54) is 26.3 Å². The maximum atomic E-state index is 12.7. The van der Waals surface area contributed by atoms with Gasteiger partial charge in [0.2, 0.25) is 0 Å². The van der Waals surface area contributed by atoms with Gasteiger partial charge in [0.15, 0.2) is 17.2 Å². The number of amides is 1. The number of hydrogen-bond acceptors (Lipinski definition) is 7. The molecule has 2 N–H and O–H groups in total. The van der Waals surface area contributed by atoms with Crippen LogP contribution in [0.5, 0.6) is 17.2 Å². The third-order valence-electron chi connectivity index (χ3n) is 5.05. The first kappa shape index (κ1) is 24.0. The Balaban J connectivity index is 2.11. The van der Waals surface area contributed by atoms with Gasteiger partial charge in [0, 0.05) is 23.7 Å². The third kappa shape index (κ3) is 5.65. The van der Waals surface area contributed by atoms with Crippen molar-refractivity contribution in [2.45, 2.75) is 45.8 Å². The molecule has 0 fully saturated rings. The number of aromatic nitrogens is 1. The zero-order valence-corrected chi connectivity index (χ0v) is 18.7. The summed E-state index contributed by atoms with van der Waals surface area (Å²) in [5.74, 6) is -0.797. The molecule has 31 heavy (non-hydrogen) atoms. The highest BCUT2D eigenvalue weighted by atomic mass is 16.5. The van der Waals surface area contributed by atoms with Crippen LogP contribution < -0.4 is 14.8 Å². The fourth-order valence-electron chi connectivity index (χ4n) is 3.55. The predicted molar refractivity (Wildman–Crippen MR) is 116 cm³/mol. The van der Waals surface area contributed by atoms with Gasteiger partial charge in [-0.1, -0.05) is 32.0 Å². The van der Waals surface area contributed by atoms with Gasteiger partial charge in [-0.2, -0.15) is 0 Å². The average Bonchev–Trinajstić information content (AvgIpc) is 2.73. The molecule has 2 rings (SSSR count). The van der Waals surface area contributed by atoms with Gasteiger partial charge in [-0.3, -0.25) is 4.79 Å². The SMILES string of the molecule is COc1ccccc1[C@H](C(C)C)[C@H](C)OC(=O)[C@H](C)NC(=O)c1nccc(OC)c1O. The Bertz CT molecular complexity index is 915. The first-order chi connectivity index (χ1) is 14.7. The number of para-hydroxylation sites is 1. The molecule has 1 heterocycles. The number of aromatic hydroxyl groups is 1. The predicted octanol–water partition coefficient (Wildman–Crippen LogP) is 3.29. The topological polar surface area (TPSA) is 107 Å². The van der Waals surface area contributed by atoms with E-state index in [0.717, 1.165) is 11.3 Å². The molecule has 0 aliphatic rings. The molecule has 8 heteroatoms. The number of rotatable bonds is 9. The number of ether oxygens (including phenoxy) is 3. The Morgan fingerprint density at radius 2 is 1.65 bits per heavy atom. The molecule has 0 radical (unpaired) electrons. The Hall–Kier alpha value is -3.29. The van der Waals surface area contributed by atoms with Crippen LogP contribution >= 0.6 is 0 Å². The molecule has 0 bridgehead atoms.